The molecule has 0 fully saturated rings. The number of likely N-dealkylation sites (N-methyl/N-ethyl adjacent to an activating group) is 1. The summed E-state index contributed by atoms with van der Waals surface area (Å²) in [6, 6.07) is 15.0. The summed E-state index contributed by atoms with van der Waals surface area (Å²) in [6.45, 7) is 0.300. The van der Waals surface area contributed by atoms with Crippen LogP contribution in [0.15, 0.2) is 54.7 Å². The predicted octanol–water partition coefficient (Wildman–Crippen LogP) is 3.25. The van der Waals surface area contributed by atoms with E-state index in [0.29, 0.717) is 0 Å². The van der Waals surface area contributed by atoms with E-state index >= 15 is 0 Å². The Balaban J connectivity index is 1.36. The molecule has 1 atom stereocenters. The second-order valence-electron chi connectivity index (χ2n) is 8.11. The summed E-state index contributed by atoms with van der Waals surface area (Å²) in [7, 11) is 3.43. The molecule has 0 saturated carbocycles. The van der Waals surface area contributed by atoms with Crippen molar-refractivity contribution in [3.63, 3.8) is 0 Å². The van der Waals surface area contributed by atoms with Crippen molar-refractivity contribution < 1.29 is 24.2 Å². The zero-order valence-corrected chi connectivity index (χ0v) is 19.5. The molecule has 176 valence electrons. The molecule has 1 aromatic heterocycles. The first-order chi connectivity index (χ1) is 16.3. The fourth-order valence-electron chi connectivity index (χ4n) is 3.94. The van der Waals surface area contributed by atoms with Crippen molar-refractivity contribution in [1.82, 2.24) is 15.2 Å². The van der Waals surface area contributed by atoms with E-state index in [1.54, 1.807) is 19.0 Å². The molecule has 1 aliphatic carbocycles. The fourth-order valence-corrected chi connectivity index (χ4v) is 4.64. The van der Waals surface area contributed by atoms with E-state index in [0.717, 1.165) is 33.6 Å². The van der Waals surface area contributed by atoms with Crippen molar-refractivity contribution in [1.29, 1.82) is 0 Å². The zero-order valence-electron chi connectivity index (χ0n) is 18.6. The average Bonchev–Trinajstić information content (AvgIpc) is 3.39. The lowest BCUT2D eigenvalue weighted by molar-refractivity contribution is -0.139. The predicted molar refractivity (Wildman–Crippen MR) is 128 cm³/mol. The lowest BCUT2D eigenvalue weighted by Gasteiger charge is -2.18. The number of aromatic nitrogens is 1. The quantitative estimate of drug-likeness (QED) is 0.453. The van der Waals surface area contributed by atoms with Gasteiger partial charge in [0, 0.05) is 12.5 Å². The Kier molecular flexibility index (Phi) is 6.90. The number of carboxylic acids is 1. The van der Waals surface area contributed by atoms with Gasteiger partial charge in [0.1, 0.15) is 17.5 Å². The van der Waals surface area contributed by atoms with E-state index in [2.05, 4.69) is 27.8 Å². The molecule has 3 N–H and O–H groups in total. The number of thiazole rings is 1. The minimum atomic E-state index is -1.14. The van der Waals surface area contributed by atoms with Gasteiger partial charge in [0.15, 0.2) is 5.13 Å². The molecule has 0 saturated heterocycles. The topological polar surface area (TPSA) is 121 Å². The number of amides is 2. The van der Waals surface area contributed by atoms with Crippen molar-refractivity contribution >= 4 is 34.4 Å². The van der Waals surface area contributed by atoms with Gasteiger partial charge in [-0.05, 0) is 36.3 Å². The molecule has 0 aliphatic heterocycles. The maximum atomic E-state index is 12.4. The van der Waals surface area contributed by atoms with E-state index in [-0.39, 0.29) is 29.1 Å². The van der Waals surface area contributed by atoms with Crippen molar-refractivity contribution in [2.75, 3.05) is 32.6 Å². The molecule has 9 nitrogen and oxygen atoms in total. The molecule has 1 heterocycles. The van der Waals surface area contributed by atoms with Crippen LogP contribution in [0.5, 0.6) is 0 Å². The van der Waals surface area contributed by atoms with Crippen molar-refractivity contribution in [3.05, 3.63) is 70.7 Å². The summed E-state index contributed by atoms with van der Waals surface area (Å²) in [6.07, 6.45) is 0.604. The second kappa shape index (κ2) is 10.0. The highest BCUT2D eigenvalue weighted by molar-refractivity contribution is 7.17. The number of hydrogen-bond acceptors (Lipinski definition) is 7. The van der Waals surface area contributed by atoms with Crippen LogP contribution in [0.3, 0.4) is 0 Å². The molecular weight excluding hydrogens is 456 g/mol. The lowest BCUT2D eigenvalue weighted by atomic mass is 9.98. The van der Waals surface area contributed by atoms with Gasteiger partial charge in [-0.2, -0.15) is 0 Å². The Labute approximate surface area is 200 Å². The van der Waals surface area contributed by atoms with Crippen molar-refractivity contribution in [2.45, 2.75) is 12.0 Å². The molecule has 1 unspecified atom stereocenters. The summed E-state index contributed by atoms with van der Waals surface area (Å²) in [5.74, 6) is -1.78. The van der Waals surface area contributed by atoms with E-state index in [9.17, 15) is 19.5 Å². The number of nitrogens with zero attached hydrogens (tertiary/aromatic N) is 2. The smallest absolute Gasteiger partial charge is 0.413 e. The summed E-state index contributed by atoms with van der Waals surface area (Å²) in [5, 5.41) is 14.5. The van der Waals surface area contributed by atoms with E-state index in [1.165, 1.54) is 6.20 Å². The third kappa shape index (κ3) is 5.08. The van der Waals surface area contributed by atoms with Gasteiger partial charge >= 0.3 is 12.1 Å². The Morgan fingerprint density at radius 1 is 1.09 bits per heavy atom. The highest BCUT2D eigenvalue weighted by Crippen LogP contribution is 2.44. The van der Waals surface area contributed by atoms with E-state index in [1.807, 2.05) is 36.4 Å². The van der Waals surface area contributed by atoms with Crippen LogP contribution in [-0.2, 0) is 9.53 Å². The Morgan fingerprint density at radius 3 is 2.29 bits per heavy atom. The largest absolute Gasteiger partial charge is 0.480 e. The molecule has 10 heteroatoms. The minimum absolute atomic E-state index is 0.0690. The number of ether oxygens (including phenoxy) is 1. The van der Waals surface area contributed by atoms with Gasteiger partial charge in [0.05, 0.1) is 6.20 Å². The maximum Gasteiger partial charge on any atom is 0.413 e. The SMILES string of the molecule is CN(C)CC(NC(=O)c1cnc(NC(=O)OCC2c3ccccc3-c3ccccc32)s1)C(=O)O. The van der Waals surface area contributed by atoms with Gasteiger partial charge in [-0.1, -0.05) is 59.9 Å². The number of anilines is 1. The highest BCUT2D eigenvalue weighted by atomic mass is 32.1. The average molecular weight is 481 g/mol. The van der Waals surface area contributed by atoms with Gasteiger partial charge in [-0.15, -0.1) is 0 Å². The van der Waals surface area contributed by atoms with Gasteiger partial charge in [0.25, 0.3) is 5.91 Å². The van der Waals surface area contributed by atoms with Crippen LogP contribution in [0.1, 0.15) is 26.7 Å². The van der Waals surface area contributed by atoms with Crippen LogP contribution in [0.25, 0.3) is 11.1 Å². The number of fused-ring (bicyclic) bond motifs is 3. The molecule has 2 amide bonds. The molecule has 0 spiro atoms. The number of hydrogen-bond donors (Lipinski definition) is 3. The van der Waals surface area contributed by atoms with Gasteiger partial charge in [-0.3, -0.25) is 10.1 Å². The number of carbonyl (C=O) groups excluding carboxylic acids is 2. The van der Waals surface area contributed by atoms with Crippen molar-refractivity contribution in [2.24, 2.45) is 0 Å². The summed E-state index contributed by atoms with van der Waals surface area (Å²) >= 11 is 0.936. The molecule has 3 aromatic rings. The number of nitrogens with one attached hydrogen (secondary N) is 2. The van der Waals surface area contributed by atoms with Crippen LogP contribution in [0.4, 0.5) is 9.93 Å². The fraction of sp³-hybridized carbons (Fsp3) is 0.250. The first-order valence-corrected chi connectivity index (χ1v) is 11.4. The molecular formula is C24H24N4O5S. The van der Waals surface area contributed by atoms with Gasteiger partial charge in [-0.25, -0.2) is 14.6 Å². The number of carbonyl (C=O) groups is 3. The maximum absolute atomic E-state index is 12.4. The first kappa shape index (κ1) is 23.4. The van der Waals surface area contributed by atoms with E-state index in [4.69, 9.17) is 4.74 Å². The number of carboxylic acid groups (broad SMARTS) is 1. The molecule has 0 bridgehead atoms. The molecule has 0 radical (unpaired) electrons. The molecule has 4 rings (SSSR count). The number of rotatable bonds is 8. The van der Waals surface area contributed by atoms with Crippen LogP contribution in [0.2, 0.25) is 0 Å². The summed E-state index contributed by atoms with van der Waals surface area (Å²) in [5.41, 5.74) is 4.49. The van der Waals surface area contributed by atoms with Crippen LogP contribution >= 0.6 is 11.3 Å². The van der Waals surface area contributed by atoms with Crippen LogP contribution in [-0.4, -0.2) is 66.2 Å². The zero-order chi connectivity index (χ0) is 24.2. The monoisotopic (exact) mass is 480 g/mol. The highest BCUT2D eigenvalue weighted by Gasteiger charge is 2.29. The standard InChI is InChI=1S/C24H24N4O5S/c1-28(2)12-19(22(30)31)26-21(29)20-11-25-23(34-20)27-24(32)33-13-18-16-9-5-3-7-14(16)15-8-4-6-10-17(15)18/h3-11,18-19H,12-13H2,1-2H3,(H,26,29)(H,30,31)(H,25,27,32). The number of aliphatic carboxylic acids is 1. The third-order valence-corrected chi connectivity index (χ3v) is 6.34. The van der Waals surface area contributed by atoms with Gasteiger partial charge < -0.3 is 20.1 Å². The minimum Gasteiger partial charge on any atom is -0.480 e. The van der Waals surface area contributed by atoms with Crippen LogP contribution < -0.4 is 10.6 Å². The van der Waals surface area contributed by atoms with Crippen LogP contribution in [0, 0.1) is 0 Å². The van der Waals surface area contributed by atoms with Crippen molar-refractivity contribution in [3.8, 4) is 11.1 Å². The Bertz CT molecular complexity index is 1180. The second-order valence-corrected chi connectivity index (χ2v) is 9.14. The third-order valence-electron chi connectivity index (χ3n) is 5.43. The summed E-state index contributed by atoms with van der Waals surface area (Å²) < 4.78 is 5.49. The first-order valence-electron chi connectivity index (χ1n) is 10.6. The lowest BCUT2D eigenvalue weighted by Crippen LogP contribution is -2.46. The Hall–Kier alpha value is -3.76. The molecule has 1 aliphatic rings. The van der Waals surface area contributed by atoms with E-state index < -0.39 is 24.0 Å². The Morgan fingerprint density at radius 2 is 1.71 bits per heavy atom. The van der Waals surface area contributed by atoms with Gasteiger partial charge in [0.2, 0.25) is 0 Å². The normalized spacial score (nSPS) is 13.1. The number of benzene rings is 2. The summed E-state index contributed by atoms with van der Waals surface area (Å²) in [4.78, 5) is 42.0. The molecule has 2 aromatic carbocycles. The molecule has 34 heavy (non-hydrogen) atoms.